The van der Waals surface area contributed by atoms with Crippen molar-refractivity contribution in [3.8, 4) is 5.88 Å². The lowest BCUT2D eigenvalue weighted by Crippen LogP contribution is -2.07. The quantitative estimate of drug-likeness (QED) is 0.879. The summed E-state index contributed by atoms with van der Waals surface area (Å²) in [5.74, 6) is 1.04. The van der Waals surface area contributed by atoms with E-state index in [0.29, 0.717) is 30.5 Å². The fourth-order valence-electron chi connectivity index (χ4n) is 1.68. The van der Waals surface area contributed by atoms with Crippen molar-refractivity contribution >= 4 is 22.8 Å². The Morgan fingerprint density at radius 2 is 2.16 bits per heavy atom. The number of nitrogens with two attached hydrogens (primary N) is 1. The molecule has 3 N–H and O–H groups in total. The van der Waals surface area contributed by atoms with Gasteiger partial charge in [-0.15, -0.1) is 11.3 Å². The number of aromatic nitrogens is 2. The molecule has 0 bridgehead atoms. The maximum Gasteiger partial charge on any atom is 0.242 e. The minimum atomic E-state index is 0.429. The van der Waals surface area contributed by atoms with E-state index in [1.54, 1.807) is 11.3 Å². The van der Waals surface area contributed by atoms with E-state index in [-0.39, 0.29) is 0 Å². The van der Waals surface area contributed by atoms with E-state index in [0.717, 1.165) is 0 Å². The SMILES string of the molecule is CCOc1ncnc(NCc2cc(C)c(C)s2)c1N. The van der Waals surface area contributed by atoms with Crippen LogP contribution in [0.1, 0.15) is 22.2 Å². The zero-order chi connectivity index (χ0) is 13.8. The first-order valence-corrected chi connectivity index (χ1v) is 6.96. The largest absolute Gasteiger partial charge is 0.476 e. The second-order valence-corrected chi connectivity index (χ2v) is 5.52. The maximum absolute atomic E-state index is 5.96. The predicted molar refractivity (Wildman–Crippen MR) is 78.7 cm³/mol. The Balaban J connectivity index is 2.09. The van der Waals surface area contributed by atoms with Gasteiger partial charge in [0, 0.05) is 9.75 Å². The molecule has 102 valence electrons. The van der Waals surface area contributed by atoms with Gasteiger partial charge in [-0.3, -0.25) is 0 Å². The number of anilines is 2. The van der Waals surface area contributed by atoms with Crippen LogP contribution in [0.25, 0.3) is 0 Å². The molecule has 5 nitrogen and oxygen atoms in total. The monoisotopic (exact) mass is 278 g/mol. The number of nitrogens with one attached hydrogen (secondary N) is 1. The molecule has 19 heavy (non-hydrogen) atoms. The van der Waals surface area contributed by atoms with Crippen LogP contribution < -0.4 is 15.8 Å². The number of nitrogens with zero attached hydrogens (tertiary/aromatic N) is 2. The van der Waals surface area contributed by atoms with Crippen molar-refractivity contribution in [2.45, 2.75) is 27.3 Å². The molecule has 2 rings (SSSR count). The summed E-state index contributed by atoms with van der Waals surface area (Å²) in [7, 11) is 0. The zero-order valence-electron chi connectivity index (χ0n) is 11.4. The third kappa shape index (κ3) is 3.14. The van der Waals surface area contributed by atoms with Crippen LogP contribution in [-0.4, -0.2) is 16.6 Å². The molecule has 6 heteroatoms. The molecule has 0 aliphatic rings. The normalized spacial score (nSPS) is 10.5. The van der Waals surface area contributed by atoms with Crippen molar-refractivity contribution in [2.75, 3.05) is 17.7 Å². The van der Waals surface area contributed by atoms with Crippen molar-refractivity contribution in [3.63, 3.8) is 0 Å². The van der Waals surface area contributed by atoms with Crippen molar-refractivity contribution in [2.24, 2.45) is 0 Å². The van der Waals surface area contributed by atoms with Gasteiger partial charge < -0.3 is 15.8 Å². The molecule has 0 spiro atoms. The highest BCUT2D eigenvalue weighted by Gasteiger charge is 2.09. The third-order valence-electron chi connectivity index (χ3n) is 2.78. The lowest BCUT2D eigenvalue weighted by Gasteiger charge is -2.10. The van der Waals surface area contributed by atoms with Crippen molar-refractivity contribution in [1.82, 2.24) is 9.97 Å². The number of hydrogen-bond acceptors (Lipinski definition) is 6. The Bertz CT molecular complexity index is 548. The lowest BCUT2D eigenvalue weighted by molar-refractivity contribution is 0.328. The molecule has 0 saturated carbocycles. The molecular formula is C13H18N4OS. The van der Waals surface area contributed by atoms with E-state index >= 15 is 0 Å². The minimum Gasteiger partial charge on any atom is -0.476 e. The first-order chi connectivity index (χ1) is 9.11. The van der Waals surface area contributed by atoms with Crippen LogP contribution in [0.15, 0.2) is 12.4 Å². The average Bonchev–Trinajstić information content (AvgIpc) is 2.70. The Morgan fingerprint density at radius 3 is 2.79 bits per heavy atom. The van der Waals surface area contributed by atoms with Gasteiger partial charge in [-0.25, -0.2) is 4.98 Å². The van der Waals surface area contributed by atoms with Gasteiger partial charge >= 0.3 is 0 Å². The topological polar surface area (TPSA) is 73.1 Å². The Morgan fingerprint density at radius 1 is 1.37 bits per heavy atom. The van der Waals surface area contributed by atoms with Gasteiger partial charge in [-0.05, 0) is 32.4 Å². The van der Waals surface area contributed by atoms with E-state index in [2.05, 4.69) is 35.2 Å². The molecule has 0 aliphatic heterocycles. The fraction of sp³-hybridized carbons (Fsp3) is 0.385. The first kappa shape index (κ1) is 13.6. The Labute approximate surface area is 116 Å². The van der Waals surface area contributed by atoms with Gasteiger partial charge in [-0.1, -0.05) is 0 Å². The minimum absolute atomic E-state index is 0.429. The van der Waals surface area contributed by atoms with Gasteiger partial charge in [0.25, 0.3) is 0 Å². The van der Waals surface area contributed by atoms with Gasteiger partial charge in [0.15, 0.2) is 5.82 Å². The van der Waals surface area contributed by atoms with Crippen LogP contribution >= 0.6 is 11.3 Å². The molecule has 2 aromatic heterocycles. The first-order valence-electron chi connectivity index (χ1n) is 6.14. The van der Waals surface area contributed by atoms with Gasteiger partial charge in [0.1, 0.15) is 12.0 Å². The van der Waals surface area contributed by atoms with Gasteiger partial charge in [0.05, 0.1) is 13.2 Å². The van der Waals surface area contributed by atoms with E-state index in [9.17, 15) is 0 Å². The van der Waals surface area contributed by atoms with Crippen LogP contribution in [0, 0.1) is 13.8 Å². The molecule has 0 atom stereocenters. The van der Waals surface area contributed by atoms with Crippen LogP contribution in [0.5, 0.6) is 5.88 Å². The van der Waals surface area contributed by atoms with Gasteiger partial charge in [-0.2, -0.15) is 4.98 Å². The summed E-state index contributed by atoms with van der Waals surface area (Å²) in [5, 5.41) is 3.22. The smallest absolute Gasteiger partial charge is 0.242 e. The second kappa shape index (κ2) is 5.88. The highest BCUT2D eigenvalue weighted by Crippen LogP contribution is 2.26. The molecule has 2 aromatic rings. The third-order valence-corrected chi connectivity index (χ3v) is 3.93. The number of ether oxygens (including phenoxy) is 1. The number of hydrogen-bond donors (Lipinski definition) is 2. The summed E-state index contributed by atoms with van der Waals surface area (Å²) in [6, 6.07) is 2.17. The zero-order valence-corrected chi connectivity index (χ0v) is 12.2. The number of nitrogen functional groups attached to an aromatic ring is 1. The summed E-state index contributed by atoms with van der Waals surface area (Å²) in [6.07, 6.45) is 1.45. The van der Waals surface area contributed by atoms with Crippen molar-refractivity contribution in [1.29, 1.82) is 0 Å². The van der Waals surface area contributed by atoms with E-state index < -0.39 is 0 Å². The maximum atomic E-state index is 5.96. The second-order valence-electron chi connectivity index (χ2n) is 4.18. The summed E-state index contributed by atoms with van der Waals surface area (Å²) >= 11 is 1.78. The summed E-state index contributed by atoms with van der Waals surface area (Å²) in [5.41, 5.74) is 7.73. The van der Waals surface area contributed by atoms with Crippen LogP contribution in [0.2, 0.25) is 0 Å². The number of thiophene rings is 1. The summed E-state index contributed by atoms with van der Waals surface area (Å²) in [4.78, 5) is 10.7. The van der Waals surface area contributed by atoms with E-state index in [1.807, 2.05) is 6.92 Å². The van der Waals surface area contributed by atoms with Crippen LogP contribution in [-0.2, 0) is 6.54 Å². The Kier molecular flexibility index (Phi) is 4.21. The van der Waals surface area contributed by atoms with Crippen molar-refractivity contribution in [3.05, 3.63) is 27.7 Å². The average molecular weight is 278 g/mol. The molecule has 0 aliphatic carbocycles. The highest BCUT2D eigenvalue weighted by atomic mass is 32.1. The molecule has 0 saturated heterocycles. The van der Waals surface area contributed by atoms with E-state index in [1.165, 1.54) is 21.6 Å². The predicted octanol–water partition coefficient (Wildman–Crippen LogP) is 2.75. The van der Waals surface area contributed by atoms with Crippen LogP contribution in [0.4, 0.5) is 11.5 Å². The summed E-state index contributed by atoms with van der Waals surface area (Å²) < 4.78 is 5.34. The standard InChI is InChI=1S/C13H18N4OS/c1-4-18-13-11(14)12(16-7-17-13)15-6-10-5-8(2)9(3)19-10/h5,7H,4,6,14H2,1-3H3,(H,15,16,17). The van der Waals surface area contributed by atoms with Crippen LogP contribution in [0.3, 0.4) is 0 Å². The molecule has 0 aromatic carbocycles. The molecular weight excluding hydrogens is 260 g/mol. The van der Waals surface area contributed by atoms with Gasteiger partial charge in [0.2, 0.25) is 5.88 Å². The molecule has 2 heterocycles. The Hall–Kier alpha value is -1.82. The summed E-state index contributed by atoms with van der Waals surface area (Å²) in [6.45, 7) is 7.36. The van der Waals surface area contributed by atoms with E-state index in [4.69, 9.17) is 10.5 Å². The molecule has 0 radical (unpaired) electrons. The number of aryl methyl sites for hydroxylation is 2. The highest BCUT2D eigenvalue weighted by molar-refractivity contribution is 7.12. The molecule has 0 amide bonds. The van der Waals surface area contributed by atoms with Crippen molar-refractivity contribution < 1.29 is 4.74 Å². The fourth-order valence-corrected chi connectivity index (χ4v) is 2.67. The molecule has 0 fully saturated rings. The lowest BCUT2D eigenvalue weighted by atomic mass is 10.3. The molecule has 0 unspecified atom stereocenters. The number of rotatable bonds is 5.